The summed E-state index contributed by atoms with van der Waals surface area (Å²) in [5.74, 6) is 2.30. The highest BCUT2D eigenvalue weighted by Crippen LogP contribution is 2.36. The third kappa shape index (κ3) is 4.70. The van der Waals surface area contributed by atoms with Crippen LogP contribution in [0.4, 0.5) is 10.5 Å². The van der Waals surface area contributed by atoms with Crippen LogP contribution in [0, 0.1) is 19.8 Å². The van der Waals surface area contributed by atoms with Crippen molar-refractivity contribution in [3.05, 3.63) is 47.4 Å². The van der Waals surface area contributed by atoms with E-state index in [9.17, 15) is 9.59 Å². The zero-order chi connectivity index (χ0) is 22.0. The van der Waals surface area contributed by atoms with E-state index in [4.69, 9.17) is 9.15 Å². The molecule has 0 saturated carbocycles. The summed E-state index contributed by atoms with van der Waals surface area (Å²) in [6.45, 7) is 8.07. The van der Waals surface area contributed by atoms with Crippen molar-refractivity contribution in [2.24, 2.45) is 5.92 Å². The van der Waals surface area contributed by atoms with Crippen molar-refractivity contribution in [2.45, 2.75) is 52.7 Å². The highest BCUT2D eigenvalue weighted by atomic mass is 16.5. The summed E-state index contributed by atoms with van der Waals surface area (Å²) in [6.07, 6.45) is 2.16. The van der Waals surface area contributed by atoms with E-state index in [-0.39, 0.29) is 24.0 Å². The fourth-order valence-corrected chi connectivity index (χ4v) is 4.25. The number of carbonyl (C=O) groups is 2. The first-order valence-electron chi connectivity index (χ1n) is 11.1. The van der Waals surface area contributed by atoms with Crippen molar-refractivity contribution < 1.29 is 18.7 Å². The van der Waals surface area contributed by atoms with Gasteiger partial charge in [-0.05, 0) is 62.9 Å². The number of anilines is 1. The van der Waals surface area contributed by atoms with E-state index in [1.807, 2.05) is 54.0 Å². The van der Waals surface area contributed by atoms with Crippen molar-refractivity contribution in [3.63, 3.8) is 0 Å². The Hall–Kier alpha value is -2.96. The number of likely N-dealkylation sites (tertiary alicyclic amines) is 1. The first-order chi connectivity index (χ1) is 14.9. The molecular formula is C24H31N3O4. The van der Waals surface area contributed by atoms with Crippen LogP contribution >= 0.6 is 0 Å². The van der Waals surface area contributed by atoms with E-state index in [1.165, 1.54) is 0 Å². The molecule has 1 aromatic carbocycles. The largest absolute Gasteiger partial charge is 0.486 e. The molecule has 7 nitrogen and oxygen atoms in total. The van der Waals surface area contributed by atoms with Crippen molar-refractivity contribution in [1.82, 2.24) is 10.2 Å². The fourth-order valence-electron chi connectivity index (χ4n) is 4.25. The molecule has 3 amide bonds. The molecule has 2 aromatic rings. The van der Waals surface area contributed by atoms with Crippen molar-refractivity contribution in [1.29, 1.82) is 0 Å². The van der Waals surface area contributed by atoms with Crippen LogP contribution in [0.5, 0.6) is 5.75 Å². The maximum Gasteiger partial charge on any atom is 0.324 e. The van der Waals surface area contributed by atoms with Gasteiger partial charge < -0.3 is 19.4 Å². The lowest BCUT2D eigenvalue weighted by molar-refractivity contribution is -0.126. The number of piperidine rings is 1. The molecule has 3 heterocycles. The number of ether oxygens (including phenoxy) is 1. The lowest BCUT2D eigenvalue weighted by atomic mass is 9.96. The van der Waals surface area contributed by atoms with Gasteiger partial charge in [0.25, 0.3) is 0 Å². The number of benzene rings is 1. The average Bonchev–Trinajstić information content (AvgIpc) is 3.21. The minimum absolute atomic E-state index is 0.00137. The van der Waals surface area contributed by atoms with E-state index < -0.39 is 0 Å². The number of hydrogen-bond acceptors (Lipinski definition) is 4. The third-order valence-corrected chi connectivity index (χ3v) is 6.14. The quantitative estimate of drug-likeness (QED) is 0.803. The van der Waals surface area contributed by atoms with Gasteiger partial charge in [-0.25, -0.2) is 4.79 Å². The lowest BCUT2D eigenvalue weighted by Gasteiger charge is -2.39. The summed E-state index contributed by atoms with van der Waals surface area (Å²) in [5, 5.41) is 2.96. The topological polar surface area (TPSA) is 75.0 Å². The summed E-state index contributed by atoms with van der Waals surface area (Å²) in [4.78, 5) is 29.6. The molecule has 1 fully saturated rings. The second-order valence-corrected chi connectivity index (χ2v) is 8.50. The standard InChI is InChI=1S/C24H31N3O4/c1-4-19-15-27(21-13-16(2)5-8-22(21)31-19)24(29)26-11-9-18(10-12-26)23(28)25-14-20-7-6-17(3)30-20/h5-8,13,18-19H,4,9-12,14-15H2,1-3H3,(H,25,28)/t19-/m0/s1. The Kier molecular flexibility index (Phi) is 6.20. The number of carbonyl (C=O) groups excluding carboxylic acids is 2. The Morgan fingerprint density at radius 2 is 1.90 bits per heavy atom. The molecule has 31 heavy (non-hydrogen) atoms. The Balaban J connectivity index is 1.36. The smallest absolute Gasteiger partial charge is 0.324 e. The van der Waals surface area contributed by atoms with Gasteiger partial charge in [-0.2, -0.15) is 0 Å². The summed E-state index contributed by atoms with van der Waals surface area (Å²) < 4.78 is 11.6. The molecule has 0 radical (unpaired) electrons. The Bertz CT molecular complexity index is 946. The van der Waals surface area contributed by atoms with Crippen LogP contribution in [0.15, 0.2) is 34.7 Å². The molecule has 1 saturated heterocycles. The number of hydrogen-bond donors (Lipinski definition) is 1. The second kappa shape index (κ2) is 9.04. The number of rotatable bonds is 4. The number of urea groups is 1. The molecule has 7 heteroatoms. The number of nitrogens with one attached hydrogen (secondary N) is 1. The molecule has 1 N–H and O–H groups in total. The summed E-state index contributed by atoms with van der Waals surface area (Å²) in [7, 11) is 0. The predicted molar refractivity (Wildman–Crippen MR) is 118 cm³/mol. The molecule has 0 unspecified atom stereocenters. The minimum atomic E-state index is -0.0808. The van der Waals surface area contributed by atoms with Gasteiger partial charge in [0, 0.05) is 19.0 Å². The summed E-state index contributed by atoms with van der Waals surface area (Å²) in [5.41, 5.74) is 1.93. The molecule has 1 atom stereocenters. The van der Waals surface area contributed by atoms with E-state index in [0.29, 0.717) is 39.0 Å². The van der Waals surface area contributed by atoms with E-state index in [1.54, 1.807) is 0 Å². The Morgan fingerprint density at radius 1 is 1.13 bits per heavy atom. The minimum Gasteiger partial charge on any atom is -0.486 e. The van der Waals surface area contributed by atoms with Crippen LogP contribution < -0.4 is 15.0 Å². The van der Waals surface area contributed by atoms with Crippen molar-refractivity contribution in [2.75, 3.05) is 24.5 Å². The van der Waals surface area contributed by atoms with Crippen molar-refractivity contribution >= 4 is 17.6 Å². The molecule has 4 rings (SSSR count). The number of nitrogens with zero attached hydrogens (tertiary/aromatic N) is 2. The number of fused-ring (bicyclic) bond motifs is 1. The van der Waals surface area contributed by atoms with Gasteiger partial charge in [-0.15, -0.1) is 0 Å². The van der Waals surface area contributed by atoms with Gasteiger partial charge >= 0.3 is 6.03 Å². The Labute approximate surface area is 183 Å². The highest BCUT2D eigenvalue weighted by Gasteiger charge is 2.34. The van der Waals surface area contributed by atoms with Crippen molar-refractivity contribution in [3.8, 4) is 5.75 Å². The average molecular weight is 426 g/mol. The molecule has 2 aliphatic heterocycles. The van der Waals surface area contributed by atoms with Crippen LogP contribution in [0.1, 0.15) is 43.3 Å². The van der Waals surface area contributed by atoms with Gasteiger partial charge in [0.1, 0.15) is 23.4 Å². The van der Waals surface area contributed by atoms with E-state index in [0.717, 1.165) is 34.9 Å². The molecule has 1 aromatic heterocycles. The number of aryl methyl sites for hydroxylation is 2. The first-order valence-corrected chi connectivity index (χ1v) is 11.1. The highest BCUT2D eigenvalue weighted by molar-refractivity contribution is 5.94. The van der Waals surface area contributed by atoms with Gasteiger partial charge in [-0.3, -0.25) is 9.69 Å². The maximum atomic E-state index is 13.4. The van der Waals surface area contributed by atoms with Gasteiger partial charge in [-0.1, -0.05) is 13.0 Å². The fraction of sp³-hybridized carbons (Fsp3) is 0.500. The molecule has 0 spiro atoms. The maximum absolute atomic E-state index is 13.4. The second-order valence-electron chi connectivity index (χ2n) is 8.50. The van der Waals surface area contributed by atoms with Gasteiger partial charge in [0.05, 0.1) is 18.8 Å². The molecule has 0 bridgehead atoms. The number of amides is 3. The zero-order valence-corrected chi connectivity index (χ0v) is 18.5. The van der Waals surface area contributed by atoms with E-state index in [2.05, 4.69) is 12.2 Å². The molecule has 166 valence electrons. The SMILES string of the molecule is CC[C@H]1CN(C(=O)N2CCC(C(=O)NCc3ccc(C)o3)CC2)c2cc(C)ccc2O1. The monoisotopic (exact) mass is 425 g/mol. The number of furan rings is 1. The third-order valence-electron chi connectivity index (χ3n) is 6.14. The van der Waals surface area contributed by atoms with Crippen LogP contribution in [0.25, 0.3) is 0 Å². The zero-order valence-electron chi connectivity index (χ0n) is 18.5. The Morgan fingerprint density at radius 3 is 2.58 bits per heavy atom. The van der Waals surface area contributed by atoms with Crippen LogP contribution in [0.2, 0.25) is 0 Å². The summed E-state index contributed by atoms with van der Waals surface area (Å²) >= 11 is 0. The van der Waals surface area contributed by atoms with E-state index >= 15 is 0 Å². The molecule has 2 aliphatic rings. The lowest BCUT2D eigenvalue weighted by Crippen LogP contribution is -2.52. The normalized spacial score (nSPS) is 19.0. The van der Waals surface area contributed by atoms with Crippen LogP contribution in [-0.2, 0) is 11.3 Å². The van der Waals surface area contributed by atoms with Gasteiger partial charge in [0.15, 0.2) is 0 Å². The molecule has 0 aliphatic carbocycles. The molecular weight excluding hydrogens is 394 g/mol. The first kappa shape index (κ1) is 21.3. The van der Waals surface area contributed by atoms with Crippen LogP contribution in [-0.4, -0.2) is 42.6 Å². The predicted octanol–water partition coefficient (Wildman–Crippen LogP) is 4.02. The summed E-state index contributed by atoms with van der Waals surface area (Å²) in [6, 6.07) is 9.73. The van der Waals surface area contributed by atoms with Gasteiger partial charge in [0.2, 0.25) is 5.91 Å². The van der Waals surface area contributed by atoms with Crippen LogP contribution in [0.3, 0.4) is 0 Å².